The zero-order valence-corrected chi connectivity index (χ0v) is 14.1. The molecule has 1 amide bonds. The lowest BCUT2D eigenvalue weighted by Crippen LogP contribution is -2.23. The minimum atomic E-state index is -0.310. The van der Waals surface area contributed by atoms with Crippen LogP contribution in [-0.2, 0) is 10.5 Å². The van der Waals surface area contributed by atoms with Gasteiger partial charge in [-0.25, -0.2) is 4.98 Å². The highest BCUT2D eigenvalue weighted by Crippen LogP contribution is 2.19. The van der Waals surface area contributed by atoms with Crippen LogP contribution in [0.3, 0.4) is 0 Å². The lowest BCUT2D eigenvalue weighted by molar-refractivity contribution is -0.115. The molecule has 0 aliphatic rings. The lowest BCUT2D eigenvalue weighted by atomic mass is 10.4. The van der Waals surface area contributed by atoms with E-state index in [9.17, 15) is 9.59 Å². The minimum absolute atomic E-state index is 0.109. The highest BCUT2D eigenvalue weighted by Gasteiger charge is 2.16. The van der Waals surface area contributed by atoms with Gasteiger partial charge in [0.05, 0.1) is 10.9 Å². The van der Waals surface area contributed by atoms with Crippen LogP contribution in [0.5, 0.6) is 0 Å². The molecule has 0 spiro atoms. The van der Waals surface area contributed by atoms with Gasteiger partial charge >= 0.3 is 0 Å². The van der Waals surface area contributed by atoms with Crippen molar-refractivity contribution in [3.05, 3.63) is 45.5 Å². The molecule has 1 N–H and O–H groups in total. The normalized spacial score (nSPS) is 12.4. The molecule has 1 unspecified atom stereocenters. The van der Waals surface area contributed by atoms with Gasteiger partial charge in [0.2, 0.25) is 5.91 Å². The van der Waals surface area contributed by atoms with E-state index in [-0.39, 0.29) is 16.7 Å². The van der Waals surface area contributed by atoms with Crippen LogP contribution in [-0.4, -0.2) is 25.7 Å². The molecule has 1 atom stereocenters. The third-order valence-electron chi connectivity index (χ3n) is 3.09. The summed E-state index contributed by atoms with van der Waals surface area (Å²) in [7, 11) is 0. The van der Waals surface area contributed by atoms with Crippen LogP contribution >= 0.6 is 23.1 Å². The first kappa shape index (κ1) is 15.8. The Morgan fingerprint density at radius 1 is 1.52 bits per heavy atom. The molecule has 0 bridgehead atoms. The highest BCUT2D eigenvalue weighted by atomic mass is 32.2. The maximum absolute atomic E-state index is 12.1. The fourth-order valence-corrected chi connectivity index (χ4v) is 3.42. The largest absolute Gasteiger partial charge is 0.360 e. The topological polar surface area (TPSA) is 89.5 Å². The molecule has 0 aliphatic carbocycles. The summed E-state index contributed by atoms with van der Waals surface area (Å²) < 4.78 is 6.41. The lowest BCUT2D eigenvalue weighted by Gasteiger charge is -2.09. The van der Waals surface area contributed by atoms with E-state index < -0.39 is 0 Å². The van der Waals surface area contributed by atoms with E-state index in [0.29, 0.717) is 28.0 Å². The number of hydrogen-bond donors (Lipinski definition) is 1. The van der Waals surface area contributed by atoms with Gasteiger partial charge in [0, 0.05) is 29.5 Å². The van der Waals surface area contributed by atoms with Gasteiger partial charge in [-0.3, -0.25) is 14.0 Å². The molecule has 0 aliphatic heterocycles. The quantitative estimate of drug-likeness (QED) is 0.759. The number of aromatic nitrogens is 3. The van der Waals surface area contributed by atoms with Gasteiger partial charge in [-0.1, -0.05) is 5.16 Å². The predicted molar refractivity (Wildman–Crippen MR) is 90.0 cm³/mol. The number of fused-ring (bicyclic) bond motifs is 1. The molecular weight excluding hydrogens is 336 g/mol. The van der Waals surface area contributed by atoms with Crippen molar-refractivity contribution in [1.29, 1.82) is 0 Å². The number of aryl methyl sites for hydroxylation is 1. The molecule has 120 valence electrons. The predicted octanol–water partition coefficient (Wildman–Crippen LogP) is 2.31. The van der Waals surface area contributed by atoms with Crippen molar-refractivity contribution < 1.29 is 9.32 Å². The van der Waals surface area contributed by atoms with Gasteiger partial charge in [0.1, 0.15) is 5.76 Å². The Morgan fingerprint density at radius 2 is 2.35 bits per heavy atom. The zero-order valence-electron chi connectivity index (χ0n) is 12.5. The summed E-state index contributed by atoms with van der Waals surface area (Å²) in [4.78, 5) is 29.1. The van der Waals surface area contributed by atoms with E-state index in [1.807, 2.05) is 5.38 Å². The molecule has 0 fully saturated rings. The Kier molecular flexibility index (Phi) is 4.49. The van der Waals surface area contributed by atoms with E-state index in [4.69, 9.17) is 4.52 Å². The molecule has 0 saturated carbocycles. The van der Waals surface area contributed by atoms with Crippen molar-refractivity contribution in [2.75, 3.05) is 5.32 Å². The Hall–Kier alpha value is -2.13. The standard InChI is InChI=1S/C14H14N4O3S2/c1-8-5-11(17-21-8)16-13(20)9(2)23-7-10-6-12(19)18-3-4-22-14(18)15-10/h3-6,9H,7H2,1-2H3,(H,16,17,20). The van der Waals surface area contributed by atoms with Crippen molar-refractivity contribution in [3.8, 4) is 0 Å². The fraction of sp³-hybridized carbons (Fsp3) is 0.286. The van der Waals surface area contributed by atoms with Gasteiger partial charge in [-0.15, -0.1) is 23.1 Å². The summed E-state index contributed by atoms with van der Waals surface area (Å²) in [6.45, 7) is 3.55. The van der Waals surface area contributed by atoms with E-state index >= 15 is 0 Å². The monoisotopic (exact) mass is 350 g/mol. The Morgan fingerprint density at radius 3 is 3.09 bits per heavy atom. The number of amides is 1. The zero-order chi connectivity index (χ0) is 16.4. The van der Waals surface area contributed by atoms with Crippen LogP contribution in [0.15, 0.2) is 33.0 Å². The Balaban J connectivity index is 1.62. The van der Waals surface area contributed by atoms with Gasteiger partial charge < -0.3 is 9.84 Å². The summed E-state index contributed by atoms with van der Waals surface area (Å²) in [6.07, 6.45) is 1.70. The van der Waals surface area contributed by atoms with Crippen LogP contribution in [0.25, 0.3) is 4.96 Å². The molecule has 7 nitrogen and oxygen atoms in total. The van der Waals surface area contributed by atoms with Gasteiger partial charge in [-0.05, 0) is 13.8 Å². The second-order valence-electron chi connectivity index (χ2n) is 4.91. The summed E-state index contributed by atoms with van der Waals surface area (Å²) in [5, 5.41) is 7.92. The molecule has 0 saturated heterocycles. The third kappa shape index (κ3) is 3.62. The van der Waals surface area contributed by atoms with Crippen LogP contribution in [0.2, 0.25) is 0 Å². The number of carbonyl (C=O) groups excluding carboxylic acids is 1. The molecule has 9 heteroatoms. The van der Waals surface area contributed by atoms with Crippen molar-refractivity contribution in [1.82, 2.24) is 14.5 Å². The second kappa shape index (κ2) is 6.55. The number of carbonyl (C=O) groups is 1. The summed E-state index contributed by atoms with van der Waals surface area (Å²) in [6, 6.07) is 3.15. The van der Waals surface area contributed by atoms with Crippen LogP contribution in [0.1, 0.15) is 18.4 Å². The van der Waals surface area contributed by atoms with Gasteiger partial charge in [0.25, 0.3) is 5.56 Å². The fourth-order valence-electron chi connectivity index (χ4n) is 1.90. The third-order valence-corrected chi connectivity index (χ3v) is 5.02. The smallest absolute Gasteiger partial charge is 0.258 e. The summed E-state index contributed by atoms with van der Waals surface area (Å²) in [5.74, 6) is 1.35. The summed E-state index contributed by atoms with van der Waals surface area (Å²) in [5.41, 5.74) is 0.557. The molecule has 3 aromatic heterocycles. The van der Waals surface area contributed by atoms with Crippen LogP contribution < -0.4 is 10.9 Å². The van der Waals surface area contributed by atoms with Crippen LogP contribution in [0, 0.1) is 6.92 Å². The maximum Gasteiger partial charge on any atom is 0.258 e. The number of hydrogen-bond acceptors (Lipinski definition) is 7. The Bertz CT molecular complexity index is 899. The molecule has 3 aromatic rings. The summed E-state index contributed by atoms with van der Waals surface area (Å²) >= 11 is 2.81. The Labute approximate surface area is 139 Å². The van der Waals surface area contributed by atoms with Crippen LogP contribution in [0.4, 0.5) is 5.82 Å². The first-order valence-electron chi connectivity index (χ1n) is 6.84. The van der Waals surface area contributed by atoms with Crippen molar-refractivity contribution in [3.63, 3.8) is 0 Å². The molecule has 3 rings (SSSR count). The SMILES string of the molecule is Cc1cc(NC(=O)C(C)SCc2cc(=O)n3ccsc3n2)no1. The first-order valence-corrected chi connectivity index (χ1v) is 8.77. The van der Waals surface area contributed by atoms with Crippen molar-refractivity contribution in [2.24, 2.45) is 0 Å². The highest BCUT2D eigenvalue weighted by molar-refractivity contribution is 7.99. The maximum atomic E-state index is 12.1. The molecule has 3 heterocycles. The average Bonchev–Trinajstić information content (AvgIpc) is 3.14. The molecular formula is C14H14N4O3S2. The van der Waals surface area contributed by atoms with E-state index in [1.54, 1.807) is 26.1 Å². The molecule has 0 aromatic carbocycles. The number of nitrogens with one attached hydrogen (secondary N) is 1. The number of anilines is 1. The first-order chi connectivity index (χ1) is 11.0. The van der Waals surface area contributed by atoms with E-state index in [2.05, 4.69) is 15.5 Å². The molecule has 23 heavy (non-hydrogen) atoms. The molecule has 0 radical (unpaired) electrons. The van der Waals surface area contributed by atoms with E-state index in [1.165, 1.54) is 33.6 Å². The number of thioether (sulfide) groups is 1. The number of nitrogens with zero attached hydrogens (tertiary/aromatic N) is 3. The van der Waals surface area contributed by atoms with Gasteiger partial charge in [-0.2, -0.15) is 0 Å². The second-order valence-corrected chi connectivity index (χ2v) is 7.11. The number of rotatable bonds is 5. The van der Waals surface area contributed by atoms with Crippen molar-refractivity contribution in [2.45, 2.75) is 24.9 Å². The average molecular weight is 350 g/mol. The van der Waals surface area contributed by atoms with Gasteiger partial charge in [0.15, 0.2) is 10.8 Å². The minimum Gasteiger partial charge on any atom is -0.360 e. The number of thiazole rings is 1. The van der Waals surface area contributed by atoms with E-state index in [0.717, 1.165) is 0 Å². The van der Waals surface area contributed by atoms with Crippen molar-refractivity contribution >= 4 is 39.8 Å².